The molecule has 9 heteroatoms. The molecule has 222 valence electrons. The lowest BCUT2D eigenvalue weighted by atomic mass is 9.70. The van der Waals surface area contributed by atoms with E-state index in [4.69, 9.17) is 16.3 Å². The topological polar surface area (TPSA) is 93.4 Å². The van der Waals surface area contributed by atoms with Gasteiger partial charge in [-0.25, -0.2) is 4.68 Å². The molecule has 0 aliphatic carbocycles. The van der Waals surface area contributed by atoms with E-state index in [1.165, 1.54) is 0 Å². The highest BCUT2D eigenvalue weighted by molar-refractivity contribution is 6.31. The Labute approximate surface area is 256 Å². The van der Waals surface area contributed by atoms with Crippen molar-refractivity contribution in [3.05, 3.63) is 93.6 Å². The molecule has 8 nitrogen and oxygen atoms in total. The van der Waals surface area contributed by atoms with E-state index in [-0.39, 0.29) is 6.10 Å². The minimum atomic E-state index is -1.11. The third-order valence-electron chi connectivity index (χ3n) is 8.85. The highest BCUT2D eigenvalue weighted by atomic mass is 35.5. The Bertz CT molecular complexity index is 1850. The Morgan fingerprint density at radius 2 is 2.00 bits per heavy atom. The lowest BCUT2D eigenvalue weighted by Gasteiger charge is -2.33. The van der Waals surface area contributed by atoms with Crippen molar-refractivity contribution in [3.8, 4) is 5.75 Å². The van der Waals surface area contributed by atoms with E-state index in [0.717, 1.165) is 68.5 Å². The second kappa shape index (κ2) is 11.2. The van der Waals surface area contributed by atoms with Crippen LogP contribution in [0.15, 0.2) is 60.8 Å². The first-order valence-electron chi connectivity index (χ1n) is 14.6. The number of nitrogens with zero attached hydrogens (tertiary/aromatic N) is 5. The average Bonchev–Trinajstić information content (AvgIpc) is 3.27. The number of aryl methyl sites for hydroxylation is 2. The molecule has 1 aliphatic rings. The molecular weight excluding hydrogens is 562 g/mol. The molecule has 0 saturated carbocycles. The summed E-state index contributed by atoms with van der Waals surface area (Å²) in [6.45, 7) is 9.71. The van der Waals surface area contributed by atoms with Gasteiger partial charge in [-0.3, -0.25) is 14.7 Å². The van der Waals surface area contributed by atoms with Gasteiger partial charge in [0, 0.05) is 54.8 Å². The van der Waals surface area contributed by atoms with Crippen molar-refractivity contribution < 1.29 is 14.6 Å². The first kappa shape index (κ1) is 29.1. The summed E-state index contributed by atoms with van der Waals surface area (Å²) in [7, 11) is 1.85. The number of benzene rings is 3. The van der Waals surface area contributed by atoms with Crippen LogP contribution in [0.5, 0.6) is 5.75 Å². The number of carboxylic acids is 1. The zero-order valence-corrected chi connectivity index (χ0v) is 25.9. The summed E-state index contributed by atoms with van der Waals surface area (Å²) in [5, 5.41) is 20.7. The van der Waals surface area contributed by atoms with E-state index in [1.54, 1.807) is 18.5 Å². The van der Waals surface area contributed by atoms with E-state index < -0.39 is 17.3 Å². The Hall–Kier alpha value is -4.01. The molecule has 0 amide bonds. The van der Waals surface area contributed by atoms with E-state index in [0.29, 0.717) is 18.1 Å². The monoisotopic (exact) mass is 597 g/mol. The highest BCUT2D eigenvalue weighted by Gasteiger charge is 2.40. The number of hydrogen-bond acceptors (Lipinski definition) is 6. The van der Waals surface area contributed by atoms with Crippen molar-refractivity contribution in [2.45, 2.75) is 59.2 Å². The van der Waals surface area contributed by atoms with Gasteiger partial charge in [0.2, 0.25) is 0 Å². The second-order valence-corrected chi connectivity index (χ2v) is 12.6. The minimum Gasteiger partial charge on any atom is -0.489 e. The molecule has 1 N–H and O–H groups in total. The molecule has 2 atom stereocenters. The zero-order chi connectivity index (χ0) is 30.5. The molecule has 1 aliphatic heterocycles. The molecule has 6 rings (SSSR count). The first-order valence-corrected chi connectivity index (χ1v) is 15.0. The van der Waals surface area contributed by atoms with Crippen LogP contribution >= 0.6 is 11.6 Å². The van der Waals surface area contributed by atoms with Crippen LogP contribution < -0.4 is 4.74 Å². The first-order chi connectivity index (χ1) is 20.6. The molecule has 0 bridgehead atoms. The molecule has 3 heterocycles. The van der Waals surface area contributed by atoms with Crippen molar-refractivity contribution in [3.63, 3.8) is 0 Å². The molecule has 0 spiro atoms. The summed E-state index contributed by atoms with van der Waals surface area (Å²) in [4.78, 5) is 19.6. The standard InChI is InChI=1S/C34H36ClN5O3/c1-6-25-19-40(18-24-15-28-21(8-7-13-36-28)16-30(24)43-25)17-23-14-22(9-11-27(23)35)31(34(3,4)33(41)42)26-10-12-29-32(20(26)2)37-38-39(29)5/h7-16,25,31H,6,17-19H2,1-5H3,(H,41,42)/t25-,31?/m1/s1. The number of fused-ring (bicyclic) bond motifs is 3. The van der Waals surface area contributed by atoms with Crippen molar-refractivity contribution in [1.82, 2.24) is 24.9 Å². The van der Waals surface area contributed by atoms with Crippen molar-refractivity contribution in [2.24, 2.45) is 12.5 Å². The van der Waals surface area contributed by atoms with Gasteiger partial charge in [-0.05, 0) is 79.8 Å². The lowest BCUT2D eigenvalue weighted by Crippen LogP contribution is -2.33. The summed E-state index contributed by atoms with van der Waals surface area (Å²) in [5.41, 5.74) is 6.28. The highest BCUT2D eigenvalue weighted by Crippen LogP contribution is 2.44. The van der Waals surface area contributed by atoms with E-state index in [1.807, 2.05) is 50.5 Å². The average molecular weight is 598 g/mol. The van der Waals surface area contributed by atoms with Gasteiger partial charge in [0.25, 0.3) is 0 Å². The Balaban J connectivity index is 1.40. The summed E-state index contributed by atoms with van der Waals surface area (Å²) >= 11 is 6.84. The summed E-state index contributed by atoms with van der Waals surface area (Å²) in [6.07, 6.45) is 2.70. The number of hydrogen-bond donors (Lipinski definition) is 1. The van der Waals surface area contributed by atoms with Crippen molar-refractivity contribution >= 4 is 39.5 Å². The van der Waals surface area contributed by atoms with Crippen LogP contribution in [0.3, 0.4) is 0 Å². The third kappa shape index (κ3) is 5.34. The molecule has 43 heavy (non-hydrogen) atoms. The second-order valence-electron chi connectivity index (χ2n) is 12.1. The maximum absolute atomic E-state index is 12.7. The quantitative estimate of drug-likeness (QED) is 0.218. The minimum absolute atomic E-state index is 0.0254. The maximum Gasteiger partial charge on any atom is 0.310 e. The zero-order valence-electron chi connectivity index (χ0n) is 25.1. The Morgan fingerprint density at radius 3 is 2.77 bits per heavy atom. The number of halogens is 1. The van der Waals surface area contributed by atoms with Crippen LogP contribution in [0.2, 0.25) is 5.02 Å². The number of rotatable bonds is 7. The Kier molecular flexibility index (Phi) is 7.60. The molecule has 1 unspecified atom stereocenters. The fraction of sp³-hybridized carbons (Fsp3) is 0.353. The van der Waals surface area contributed by atoms with E-state index >= 15 is 0 Å². The number of aliphatic carboxylic acids is 1. The van der Waals surface area contributed by atoms with Gasteiger partial charge < -0.3 is 9.84 Å². The van der Waals surface area contributed by atoms with Gasteiger partial charge in [-0.15, -0.1) is 5.10 Å². The van der Waals surface area contributed by atoms with Crippen molar-refractivity contribution in [1.29, 1.82) is 0 Å². The number of carbonyl (C=O) groups is 1. The van der Waals surface area contributed by atoms with Crippen LogP contribution in [-0.2, 0) is 24.9 Å². The summed E-state index contributed by atoms with van der Waals surface area (Å²) in [5.74, 6) is -0.421. The third-order valence-corrected chi connectivity index (χ3v) is 9.22. The molecular formula is C34H36ClN5O3. The molecule has 3 aromatic carbocycles. The number of pyridine rings is 1. The number of carboxylic acid groups (broad SMARTS) is 1. The van der Waals surface area contributed by atoms with Gasteiger partial charge in [-0.1, -0.05) is 48.0 Å². The van der Waals surface area contributed by atoms with Gasteiger partial charge >= 0.3 is 5.97 Å². The van der Waals surface area contributed by atoms with E-state index in [2.05, 4.69) is 51.4 Å². The van der Waals surface area contributed by atoms with Crippen LogP contribution in [0.25, 0.3) is 21.9 Å². The number of aromatic nitrogens is 4. The van der Waals surface area contributed by atoms with E-state index in [9.17, 15) is 9.90 Å². The lowest BCUT2D eigenvalue weighted by molar-refractivity contribution is -0.147. The predicted molar refractivity (Wildman–Crippen MR) is 169 cm³/mol. The van der Waals surface area contributed by atoms with Crippen LogP contribution in [0.1, 0.15) is 60.9 Å². The normalized spacial score (nSPS) is 16.6. The maximum atomic E-state index is 12.7. The van der Waals surface area contributed by atoms with Gasteiger partial charge in [0.1, 0.15) is 17.4 Å². The van der Waals surface area contributed by atoms with Gasteiger partial charge in [-0.2, -0.15) is 0 Å². The summed E-state index contributed by atoms with van der Waals surface area (Å²) < 4.78 is 8.20. The van der Waals surface area contributed by atoms with Crippen LogP contribution in [-0.4, -0.2) is 48.6 Å². The SMILES string of the molecule is CC[C@@H]1CN(Cc2cc(C(c3ccc4c(nnn4C)c3C)C(C)(C)C(=O)O)ccc2Cl)Cc2cc3ncccc3cc2O1. The fourth-order valence-corrected chi connectivity index (χ4v) is 6.50. The van der Waals surface area contributed by atoms with Gasteiger partial charge in [0.05, 0.1) is 16.4 Å². The van der Waals surface area contributed by atoms with Gasteiger partial charge in [0.15, 0.2) is 0 Å². The predicted octanol–water partition coefficient (Wildman–Crippen LogP) is 6.89. The smallest absolute Gasteiger partial charge is 0.310 e. The van der Waals surface area contributed by atoms with Crippen LogP contribution in [0.4, 0.5) is 0 Å². The Morgan fingerprint density at radius 1 is 1.19 bits per heavy atom. The van der Waals surface area contributed by atoms with Crippen LogP contribution in [0, 0.1) is 12.3 Å². The molecule has 5 aromatic rings. The summed E-state index contributed by atoms with van der Waals surface area (Å²) in [6, 6.07) is 18.1. The molecule has 0 saturated heterocycles. The number of ether oxygens (including phenoxy) is 1. The largest absolute Gasteiger partial charge is 0.489 e. The molecule has 0 fully saturated rings. The van der Waals surface area contributed by atoms with Crippen molar-refractivity contribution in [2.75, 3.05) is 6.54 Å². The molecule has 2 aromatic heterocycles. The fourth-order valence-electron chi connectivity index (χ4n) is 6.33. The molecule has 0 radical (unpaired) electrons.